The lowest BCUT2D eigenvalue weighted by atomic mass is 9.68. The molecular formula is C35H40N2O4. The van der Waals surface area contributed by atoms with E-state index in [4.69, 9.17) is 9.47 Å². The number of carbonyl (C=O) groups excluding carboxylic acids is 2. The molecule has 214 valence electrons. The molecule has 0 atom stereocenters. The molecular weight excluding hydrogens is 512 g/mol. The van der Waals surface area contributed by atoms with Crippen molar-refractivity contribution in [3.05, 3.63) is 94.1 Å². The van der Waals surface area contributed by atoms with Crippen molar-refractivity contribution in [3.63, 3.8) is 0 Å². The van der Waals surface area contributed by atoms with Crippen molar-refractivity contribution in [1.82, 2.24) is 4.90 Å². The molecule has 41 heavy (non-hydrogen) atoms. The fourth-order valence-corrected chi connectivity index (χ4v) is 6.05. The minimum atomic E-state index is -0.327. The van der Waals surface area contributed by atoms with Crippen LogP contribution in [0.3, 0.4) is 0 Å². The Kier molecular flexibility index (Phi) is 8.05. The van der Waals surface area contributed by atoms with E-state index in [1.165, 1.54) is 0 Å². The van der Waals surface area contributed by atoms with Gasteiger partial charge in [-0.25, -0.2) is 0 Å². The lowest BCUT2D eigenvalue weighted by Gasteiger charge is -2.34. The van der Waals surface area contributed by atoms with Crippen molar-refractivity contribution < 1.29 is 19.1 Å². The minimum absolute atomic E-state index is 0.00294. The number of allylic oxidation sites excluding steroid dienone is 2. The molecule has 5 rings (SSSR count). The molecule has 0 heterocycles. The molecule has 1 amide bonds. The van der Waals surface area contributed by atoms with Crippen LogP contribution in [-0.2, 0) is 23.1 Å². The highest BCUT2D eigenvalue weighted by Gasteiger charge is 2.43. The first-order valence-corrected chi connectivity index (χ1v) is 14.5. The van der Waals surface area contributed by atoms with Gasteiger partial charge in [0.1, 0.15) is 18.1 Å². The van der Waals surface area contributed by atoms with Gasteiger partial charge >= 0.3 is 0 Å². The number of carbonyl (C=O) groups is 2. The number of methoxy groups -OCH3 is 1. The third-order valence-corrected chi connectivity index (χ3v) is 8.76. The molecule has 0 aromatic heterocycles. The van der Waals surface area contributed by atoms with Crippen molar-refractivity contribution in [2.24, 2.45) is 0 Å². The van der Waals surface area contributed by atoms with Crippen LogP contribution in [0.4, 0.5) is 5.69 Å². The first-order valence-electron chi connectivity index (χ1n) is 14.5. The zero-order valence-electron chi connectivity index (χ0n) is 25.0. The molecule has 0 unspecified atom stereocenters. The van der Waals surface area contributed by atoms with E-state index >= 15 is 0 Å². The highest BCUT2D eigenvalue weighted by Crippen LogP contribution is 2.50. The molecule has 0 saturated carbocycles. The number of hydrogen-bond acceptors (Lipinski definition) is 5. The Bertz CT molecular complexity index is 1500. The first kappa shape index (κ1) is 28.6. The van der Waals surface area contributed by atoms with Crippen LogP contribution in [0.15, 0.2) is 66.2 Å². The summed E-state index contributed by atoms with van der Waals surface area (Å²) in [7, 11) is 3.44. The van der Waals surface area contributed by atoms with E-state index in [0.29, 0.717) is 19.4 Å². The highest BCUT2D eigenvalue weighted by molar-refractivity contribution is 6.33. The summed E-state index contributed by atoms with van der Waals surface area (Å²) in [5.41, 5.74) is 7.20. The number of ether oxygens (including phenoxy) is 2. The van der Waals surface area contributed by atoms with E-state index in [9.17, 15) is 9.59 Å². The third kappa shape index (κ3) is 5.41. The van der Waals surface area contributed by atoms with Crippen LogP contribution in [-0.4, -0.2) is 57.0 Å². The Hall–Kier alpha value is -3.90. The number of nitrogens with zero attached hydrogens (tertiary/aromatic N) is 2. The van der Waals surface area contributed by atoms with Gasteiger partial charge in [0.15, 0.2) is 5.78 Å². The van der Waals surface area contributed by atoms with E-state index in [1.54, 1.807) is 12.0 Å². The van der Waals surface area contributed by atoms with Gasteiger partial charge in [-0.2, -0.15) is 0 Å². The minimum Gasteiger partial charge on any atom is -0.497 e. The zero-order chi connectivity index (χ0) is 29.3. The lowest BCUT2D eigenvalue weighted by Crippen LogP contribution is -2.30. The van der Waals surface area contributed by atoms with Crippen LogP contribution < -0.4 is 14.4 Å². The average Bonchev–Trinajstić information content (AvgIpc) is 3.38. The molecule has 0 spiro atoms. The Morgan fingerprint density at radius 2 is 1.61 bits per heavy atom. The molecule has 3 aromatic carbocycles. The van der Waals surface area contributed by atoms with Gasteiger partial charge in [-0.15, -0.1) is 0 Å². The molecule has 0 radical (unpaired) electrons. The molecule has 2 aliphatic carbocycles. The van der Waals surface area contributed by atoms with E-state index in [2.05, 4.69) is 44.7 Å². The average molecular weight is 553 g/mol. The van der Waals surface area contributed by atoms with Gasteiger partial charge in [0.2, 0.25) is 5.91 Å². The molecule has 3 aromatic rings. The number of anilines is 1. The molecule has 6 heteroatoms. The van der Waals surface area contributed by atoms with Crippen LogP contribution in [0, 0.1) is 0 Å². The summed E-state index contributed by atoms with van der Waals surface area (Å²) >= 11 is 0. The molecule has 2 aliphatic rings. The SMILES string of the molecule is CCN(CC)CCOc1ccc2c(c1)C(C)(C)C1=C(C2=O)c2ccc(N(C)C(=O)Cc3ccc(OC)cc3)cc2C1. The van der Waals surface area contributed by atoms with E-state index in [0.717, 1.165) is 75.8 Å². The fourth-order valence-electron chi connectivity index (χ4n) is 6.05. The van der Waals surface area contributed by atoms with Crippen molar-refractivity contribution in [3.8, 4) is 11.5 Å². The van der Waals surface area contributed by atoms with Gasteiger partial charge < -0.3 is 19.3 Å². The predicted octanol–water partition coefficient (Wildman–Crippen LogP) is 6.11. The van der Waals surface area contributed by atoms with Crippen LogP contribution in [0.2, 0.25) is 0 Å². The molecule has 6 nitrogen and oxygen atoms in total. The van der Waals surface area contributed by atoms with Crippen molar-refractivity contribution in [2.75, 3.05) is 45.3 Å². The molecule has 0 N–H and O–H groups in total. The van der Waals surface area contributed by atoms with Gasteiger partial charge in [-0.05, 0) is 89.8 Å². The Labute approximate surface area is 243 Å². The number of rotatable bonds is 10. The quantitative estimate of drug-likeness (QED) is 0.304. The smallest absolute Gasteiger partial charge is 0.231 e. The normalized spacial score (nSPS) is 15.0. The van der Waals surface area contributed by atoms with E-state index in [1.807, 2.05) is 55.6 Å². The van der Waals surface area contributed by atoms with Crippen molar-refractivity contribution in [1.29, 1.82) is 0 Å². The number of likely N-dealkylation sites (N-methyl/N-ethyl adjacent to an activating group) is 2. The van der Waals surface area contributed by atoms with Gasteiger partial charge in [0, 0.05) is 35.8 Å². The van der Waals surface area contributed by atoms with Crippen LogP contribution in [0.25, 0.3) is 5.57 Å². The van der Waals surface area contributed by atoms with Gasteiger partial charge in [-0.3, -0.25) is 9.59 Å². The summed E-state index contributed by atoms with van der Waals surface area (Å²) < 4.78 is 11.3. The van der Waals surface area contributed by atoms with E-state index in [-0.39, 0.29) is 17.1 Å². The second kappa shape index (κ2) is 11.5. The number of fused-ring (bicyclic) bond motifs is 3. The van der Waals surface area contributed by atoms with Crippen LogP contribution in [0.1, 0.15) is 60.3 Å². The van der Waals surface area contributed by atoms with Gasteiger partial charge in [-0.1, -0.05) is 45.9 Å². The monoisotopic (exact) mass is 552 g/mol. The van der Waals surface area contributed by atoms with E-state index < -0.39 is 0 Å². The first-order chi connectivity index (χ1) is 19.7. The maximum absolute atomic E-state index is 13.8. The maximum atomic E-state index is 13.8. The Morgan fingerprint density at radius 1 is 0.927 bits per heavy atom. The highest BCUT2D eigenvalue weighted by atomic mass is 16.5. The van der Waals surface area contributed by atoms with Crippen LogP contribution >= 0.6 is 0 Å². The second-order valence-electron chi connectivity index (χ2n) is 11.4. The summed E-state index contributed by atoms with van der Waals surface area (Å²) in [5, 5.41) is 0. The second-order valence-corrected chi connectivity index (χ2v) is 11.4. The number of hydrogen-bond donors (Lipinski definition) is 0. The lowest BCUT2D eigenvalue weighted by molar-refractivity contribution is -0.117. The summed E-state index contributed by atoms with van der Waals surface area (Å²) in [6.07, 6.45) is 0.983. The summed E-state index contributed by atoms with van der Waals surface area (Å²) in [4.78, 5) is 31.0. The Balaban J connectivity index is 1.35. The number of amides is 1. The molecule has 0 fully saturated rings. The number of benzene rings is 3. The maximum Gasteiger partial charge on any atom is 0.231 e. The fraction of sp³-hybridized carbons (Fsp3) is 0.371. The van der Waals surface area contributed by atoms with Gasteiger partial charge in [0.25, 0.3) is 0 Å². The number of Topliss-reactive ketones (excluding diaryl/α,β-unsaturated/α-hetero) is 1. The van der Waals surface area contributed by atoms with Crippen molar-refractivity contribution >= 4 is 23.0 Å². The Morgan fingerprint density at radius 3 is 2.29 bits per heavy atom. The standard InChI is InChI=1S/C35H40N2O4/c1-7-37(8-2)17-18-41-27-14-16-29-30(22-27)35(3,4)31-21-24-20-25(11-15-28(24)33(31)34(29)39)36(5)32(38)19-23-9-12-26(40-6)13-10-23/h9-16,20,22H,7-8,17-19,21H2,1-6H3. The third-order valence-electron chi connectivity index (χ3n) is 8.76. The topological polar surface area (TPSA) is 59.1 Å². The molecule has 0 bridgehead atoms. The summed E-state index contributed by atoms with van der Waals surface area (Å²) in [6.45, 7) is 12.2. The van der Waals surface area contributed by atoms with Crippen molar-refractivity contribution in [2.45, 2.75) is 46.0 Å². The summed E-state index contributed by atoms with van der Waals surface area (Å²) in [6, 6.07) is 19.5. The largest absolute Gasteiger partial charge is 0.497 e. The number of ketones is 1. The summed E-state index contributed by atoms with van der Waals surface area (Å²) in [5.74, 6) is 1.64. The van der Waals surface area contributed by atoms with Gasteiger partial charge in [0.05, 0.1) is 13.5 Å². The molecule has 0 saturated heterocycles. The van der Waals surface area contributed by atoms with Crippen LogP contribution in [0.5, 0.6) is 11.5 Å². The molecule has 0 aliphatic heterocycles. The predicted molar refractivity (Wildman–Crippen MR) is 164 cm³/mol. The zero-order valence-corrected chi connectivity index (χ0v) is 25.0.